The summed E-state index contributed by atoms with van der Waals surface area (Å²) in [5.74, 6) is 1.58. The topological polar surface area (TPSA) is 49.4 Å². The smallest absolute Gasteiger partial charge is 0.243 e. The number of benzene rings is 1. The van der Waals surface area contributed by atoms with Crippen molar-refractivity contribution in [2.45, 2.75) is 70.4 Å². The number of rotatable bonds is 5. The minimum Gasteiger partial charge on any atom is -0.350 e. The zero-order valence-electron chi connectivity index (χ0n) is 16.6. The fraction of sp³-hybridized carbons (Fsp3) is 0.652. The molecule has 0 aromatic heterocycles. The van der Waals surface area contributed by atoms with Crippen molar-refractivity contribution in [3.05, 3.63) is 35.9 Å². The van der Waals surface area contributed by atoms with Gasteiger partial charge in [-0.15, -0.1) is 0 Å². The van der Waals surface area contributed by atoms with Gasteiger partial charge in [0.1, 0.15) is 6.04 Å². The van der Waals surface area contributed by atoms with Crippen LogP contribution >= 0.6 is 0 Å². The zero-order valence-corrected chi connectivity index (χ0v) is 16.6. The first-order valence-electron chi connectivity index (χ1n) is 10.7. The van der Waals surface area contributed by atoms with Crippen LogP contribution in [0, 0.1) is 17.8 Å². The van der Waals surface area contributed by atoms with Crippen molar-refractivity contribution >= 4 is 11.8 Å². The third kappa shape index (κ3) is 3.90. The summed E-state index contributed by atoms with van der Waals surface area (Å²) in [4.78, 5) is 28.2. The molecule has 1 aliphatic heterocycles. The molecule has 1 aromatic carbocycles. The average Bonchev–Trinajstić information content (AvgIpc) is 3.27. The molecular weight excluding hydrogens is 336 g/mol. The largest absolute Gasteiger partial charge is 0.350 e. The fourth-order valence-electron chi connectivity index (χ4n) is 5.11. The number of nitrogens with one attached hydrogen (secondary N) is 1. The lowest BCUT2D eigenvalue weighted by Crippen LogP contribution is -2.63. The molecule has 0 spiro atoms. The van der Waals surface area contributed by atoms with Gasteiger partial charge in [0.15, 0.2) is 0 Å². The molecule has 27 heavy (non-hydrogen) atoms. The summed E-state index contributed by atoms with van der Waals surface area (Å²) in [6.07, 6.45) is 6.52. The molecule has 2 aliphatic carbocycles. The van der Waals surface area contributed by atoms with Crippen LogP contribution in [0.4, 0.5) is 0 Å². The predicted molar refractivity (Wildman–Crippen MR) is 106 cm³/mol. The minimum atomic E-state index is -0.299. The highest BCUT2D eigenvalue weighted by atomic mass is 16.2. The molecule has 3 aliphatic rings. The van der Waals surface area contributed by atoms with Crippen LogP contribution in [-0.4, -0.2) is 35.3 Å². The van der Waals surface area contributed by atoms with E-state index in [2.05, 4.69) is 31.3 Å². The maximum absolute atomic E-state index is 13.4. The molecule has 4 atom stereocenters. The molecule has 4 unspecified atom stereocenters. The monoisotopic (exact) mass is 368 g/mol. The average molecular weight is 369 g/mol. The minimum absolute atomic E-state index is 0.0530. The lowest BCUT2D eigenvalue weighted by molar-refractivity contribution is -0.147. The molecular formula is C23H32N2O2. The van der Waals surface area contributed by atoms with Crippen LogP contribution in [0.2, 0.25) is 0 Å². The summed E-state index contributed by atoms with van der Waals surface area (Å²) >= 11 is 0. The third-order valence-electron chi connectivity index (χ3n) is 6.68. The summed E-state index contributed by atoms with van der Waals surface area (Å²) in [7, 11) is 0. The van der Waals surface area contributed by atoms with Gasteiger partial charge in [-0.1, -0.05) is 57.0 Å². The number of hydrogen-bond donors (Lipinski definition) is 1. The van der Waals surface area contributed by atoms with Gasteiger partial charge >= 0.3 is 0 Å². The Morgan fingerprint density at radius 3 is 2.56 bits per heavy atom. The molecule has 1 aromatic rings. The highest BCUT2D eigenvalue weighted by molar-refractivity contribution is 5.91. The van der Waals surface area contributed by atoms with Crippen molar-refractivity contribution in [1.29, 1.82) is 0 Å². The lowest BCUT2D eigenvalue weighted by atomic mass is 9.91. The molecule has 4 rings (SSSR count). The molecule has 1 saturated heterocycles. The maximum Gasteiger partial charge on any atom is 0.243 e. The summed E-state index contributed by atoms with van der Waals surface area (Å²) in [5.41, 5.74) is 1.25. The Morgan fingerprint density at radius 1 is 1.19 bits per heavy atom. The second kappa shape index (κ2) is 7.65. The molecule has 4 nitrogen and oxygen atoms in total. The predicted octanol–water partition coefficient (Wildman–Crippen LogP) is 3.72. The van der Waals surface area contributed by atoms with Gasteiger partial charge in [-0.25, -0.2) is 0 Å². The van der Waals surface area contributed by atoms with Crippen LogP contribution in [0.1, 0.15) is 63.9 Å². The number of amides is 2. The second-order valence-corrected chi connectivity index (χ2v) is 9.15. The number of carbonyl (C=O) groups is 2. The van der Waals surface area contributed by atoms with Crippen LogP contribution in [-0.2, 0) is 9.59 Å². The van der Waals surface area contributed by atoms with Gasteiger partial charge in [0.25, 0.3) is 0 Å². The Morgan fingerprint density at radius 2 is 1.89 bits per heavy atom. The Kier molecular flexibility index (Phi) is 5.25. The Hall–Kier alpha value is -1.84. The second-order valence-electron chi connectivity index (χ2n) is 9.15. The molecule has 1 heterocycles. The van der Waals surface area contributed by atoms with E-state index in [-0.39, 0.29) is 29.8 Å². The van der Waals surface area contributed by atoms with Gasteiger partial charge < -0.3 is 10.2 Å². The van der Waals surface area contributed by atoms with E-state index in [0.29, 0.717) is 24.3 Å². The van der Waals surface area contributed by atoms with Crippen molar-refractivity contribution in [2.75, 3.05) is 6.54 Å². The van der Waals surface area contributed by atoms with Crippen molar-refractivity contribution in [2.24, 2.45) is 17.8 Å². The van der Waals surface area contributed by atoms with Gasteiger partial charge in [0.05, 0.1) is 0 Å². The summed E-state index contributed by atoms with van der Waals surface area (Å²) in [6.45, 7) is 4.95. The van der Waals surface area contributed by atoms with Crippen molar-refractivity contribution < 1.29 is 9.59 Å². The molecule has 0 bridgehead atoms. The number of nitrogens with zero attached hydrogens (tertiary/aromatic N) is 1. The highest BCUT2D eigenvalue weighted by Crippen LogP contribution is 2.49. The number of carbonyl (C=O) groups excluding carboxylic acids is 2. The quantitative estimate of drug-likeness (QED) is 0.861. The molecule has 4 heteroatoms. The van der Waals surface area contributed by atoms with Crippen molar-refractivity contribution in [1.82, 2.24) is 10.2 Å². The van der Waals surface area contributed by atoms with Gasteiger partial charge in [-0.3, -0.25) is 9.59 Å². The normalized spacial score (nSPS) is 31.2. The van der Waals surface area contributed by atoms with E-state index in [1.165, 1.54) is 31.2 Å². The SMILES string of the molecule is CC(C)CC1C(=O)NC(C2CCCC2)CN1C(=O)C1CC1c1ccccc1. The van der Waals surface area contributed by atoms with Crippen LogP contribution in [0.5, 0.6) is 0 Å². The number of hydrogen-bond acceptors (Lipinski definition) is 2. The zero-order chi connectivity index (χ0) is 19.0. The lowest BCUT2D eigenvalue weighted by Gasteiger charge is -2.42. The Bertz CT molecular complexity index is 681. The standard InChI is InChI=1S/C23H32N2O2/c1-15(2)12-21-22(26)24-20(17-10-6-7-11-17)14-25(21)23(27)19-13-18(19)16-8-4-3-5-9-16/h3-5,8-9,15,17-21H,6-7,10-14H2,1-2H3,(H,24,26). The van der Waals surface area contributed by atoms with Crippen molar-refractivity contribution in [3.63, 3.8) is 0 Å². The van der Waals surface area contributed by atoms with Crippen LogP contribution in [0.25, 0.3) is 0 Å². The molecule has 0 radical (unpaired) electrons. The van der Waals surface area contributed by atoms with E-state index in [1.54, 1.807) is 0 Å². The van der Waals surface area contributed by atoms with E-state index in [4.69, 9.17) is 0 Å². The van der Waals surface area contributed by atoms with E-state index in [0.717, 1.165) is 12.8 Å². The summed E-state index contributed by atoms with van der Waals surface area (Å²) in [6, 6.07) is 10.2. The van der Waals surface area contributed by atoms with E-state index >= 15 is 0 Å². The molecule has 2 saturated carbocycles. The first-order chi connectivity index (χ1) is 13.0. The van der Waals surface area contributed by atoms with E-state index in [9.17, 15) is 9.59 Å². The molecule has 146 valence electrons. The van der Waals surface area contributed by atoms with Crippen LogP contribution < -0.4 is 5.32 Å². The highest BCUT2D eigenvalue weighted by Gasteiger charge is 2.49. The Labute approximate surface area is 162 Å². The summed E-state index contributed by atoms with van der Waals surface area (Å²) < 4.78 is 0. The van der Waals surface area contributed by atoms with Crippen LogP contribution in [0.15, 0.2) is 30.3 Å². The van der Waals surface area contributed by atoms with Gasteiger partial charge in [0, 0.05) is 18.5 Å². The van der Waals surface area contributed by atoms with Crippen molar-refractivity contribution in [3.8, 4) is 0 Å². The molecule has 1 N–H and O–H groups in total. The Balaban J connectivity index is 1.50. The van der Waals surface area contributed by atoms with Gasteiger partial charge in [-0.2, -0.15) is 0 Å². The van der Waals surface area contributed by atoms with E-state index < -0.39 is 0 Å². The maximum atomic E-state index is 13.4. The fourth-order valence-corrected chi connectivity index (χ4v) is 5.11. The molecule has 3 fully saturated rings. The van der Waals surface area contributed by atoms with Gasteiger partial charge in [-0.05, 0) is 49.0 Å². The first-order valence-corrected chi connectivity index (χ1v) is 10.7. The summed E-state index contributed by atoms with van der Waals surface area (Å²) in [5, 5.41) is 3.27. The van der Waals surface area contributed by atoms with Crippen LogP contribution in [0.3, 0.4) is 0 Å². The molecule has 2 amide bonds. The number of piperazine rings is 1. The van der Waals surface area contributed by atoms with E-state index in [1.807, 2.05) is 23.1 Å². The van der Waals surface area contributed by atoms with Gasteiger partial charge in [0.2, 0.25) is 11.8 Å². The third-order valence-corrected chi connectivity index (χ3v) is 6.68. The first kappa shape index (κ1) is 18.5.